The minimum atomic E-state index is -3.66. The number of hydrogen-bond donors (Lipinski definition) is 2. The van der Waals surface area contributed by atoms with Crippen LogP contribution in [0.1, 0.15) is 22.8 Å². The first-order chi connectivity index (χ1) is 15.5. The predicted octanol–water partition coefficient (Wildman–Crippen LogP) is 1.67. The third-order valence-electron chi connectivity index (χ3n) is 4.43. The predicted molar refractivity (Wildman–Crippen MR) is 117 cm³/mol. The van der Waals surface area contributed by atoms with Crippen molar-refractivity contribution >= 4 is 39.6 Å². The molecule has 174 valence electrons. The molecule has 0 saturated carbocycles. The summed E-state index contributed by atoms with van der Waals surface area (Å²) in [5.74, 6) is -1.33. The summed E-state index contributed by atoms with van der Waals surface area (Å²) in [7, 11) is -3.66. The van der Waals surface area contributed by atoms with Crippen LogP contribution < -0.4 is 15.0 Å². The maximum Gasteiger partial charge on any atom is 0.414 e. The van der Waals surface area contributed by atoms with Crippen molar-refractivity contribution < 1.29 is 36.5 Å². The van der Waals surface area contributed by atoms with E-state index in [9.17, 15) is 22.8 Å². The number of cyclic esters (lactones) is 1. The van der Waals surface area contributed by atoms with Crippen molar-refractivity contribution in [3.05, 3.63) is 59.7 Å². The van der Waals surface area contributed by atoms with Crippen LogP contribution in [0.5, 0.6) is 5.75 Å². The minimum absolute atomic E-state index is 0.0765. The van der Waals surface area contributed by atoms with Crippen LogP contribution in [0.15, 0.2) is 48.5 Å². The highest BCUT2D eigenvalue weighted by atomic mass is 32.2. The van der Waals surface area contributed by atoms with Gasteiger partial charge in [0, 0.05) is 18.2 Å². The first-order valence-corrected chi connectivity index (χ1v) is 11.5. The molecule has 1 unspecified atom stereocenters. The van der Waals surface area contributed by atoms with Crippen molar-refractivity contribution in [1.29, 1.82) is 5.41 Å². The number of hydrogen-bond acceptors (Lipinski definition) is 9. The maximum absolute atomic E-state index is 12.6. The van der Waals surface area contributed by atoms with Crippen LogP contribution in [0.25, 0.3) is 0 Å². The highest BCUT2D eigenvalue weighted by molar-refractivity contribution is 7.85. The molecule has 0 aliphatic carbocycles. The number of rotatable bonds is 7. The molecule has 2 N–H and O–H groups in total. The van der Waals surface area contributed by atoms with E-state index in [1.807, 2.05) is 0 Å². The van der Waals surface area contributed by atoms with Crippen LogP contribution >= 0.6 is 0 Å². The SMILES string of the molecule is CC(=O)Oc1ccccc1C(=O)NC(=N)c1ccc(N2CC(COS(C)(=O)=O)OC2=O)cc1. The van der Waals surface area contributed by atoms with Gasteiger partial charge in [0.2, 0.25) is 0 Å². The van der Waals surface area contributed by atoms with Crippen LogP contribution in [0.3, 0.4) is 0 Å². The van der Waals surface area contributed by atoms with Gasteiger partial charge in [0.15, 0.2) is 0 Å². The Morgan fingerprint density at radius 1 is 1.18 bits per heavy atom. The molecule has 2 aromatic carbocycles. The molecule has 1 atom stereocenters. The third kappa shape index (κ3) is 6.37. The van der Waals surface area contributed by atoms with E-state index in [0.717, 1.165) is 6.26 Å². The molecule has 2 amide bonds. The quantitative estimate of drug-likeness (QED) is 0.202. The lowest BCUT2D eigenvalue weighted by molar-refractivity contribution is -0.131. The summed E-state index contributed by atoms with van der Waals surface area (Å²) in [6, 6.07) is 12.3. The van der Waals surface area contributed by atoms with Crippen LogP contribution in [-0.4, -0.2) is 57.7 Å². The van der Waals surface area contributed by atoms with Crippen molar-refractivity contribution in [3.8, 4) is 5.75 Å². The van der Waals surface area contributed by atoms with Gasteiger partial charge in [-0.2, -0.15) is 8.42 Å². The van der Waals surface area contributed by atoms with Gasteiger partial charge >= 0.3 is 12.1 Å². The first-order valence-electron chi connectivity index (χ1n) is 9.64. The molecule has 0 aromatic heterocycles. The van der Waals surface area contributed by atoms with Gasteiger partial charge in [0.25, 0.3) is 16.0 Å². The lowest BCUT2D eigenvalue weighted by Gasteiger charge is -2.14. The fraction of sp³-hybridized carbons (Fsp3) is 0.238. The Morgan fingerprint density at radius 3 is 2.48 bits per heavy atom. The Morgan fingerprint density at radius 2 is 1.85 bits per heavy atom. The van der Waals surface area contributed by atoms with E-state index in [1.165, 1.54) is 36.1 Å². The normalized spacial score (nSPS) is 15.6. The van der Waals surface area contributed by atoms with Crippen molar-refractivity contribution in [1.82, 2.24) is 5.32 Å². The van der Waals surface area contributed by atoms with Gasteiger partial charge in [-0.15, -0.1) is 0 Å². The summed E-state index contributed by atoms with van der Waals surface area (Å²) in [5, 5.41) is 10.6. The average Bonchev–Trinajstić information content (AvgIpc) is 3.12. The van der Waals surface area contributed by atoms with E-state index in [1.54, 1.807) is 24.3 Å². The van der Waals surface area contributed by atoms with E-state index < -0.39 is 34.2 Å². The van der Waals surface area contributed by atoms with E-state index in [0.29, 0.717) is 11.3 Å². The number of para-hydroxylation sites is 1. The number of esters is 1. The van der Waals surface area contributed by atoms with Crippen LogP contribution in [0.4, 0.5) is 10.5 Å². The highest BCUT2D eigenvalue weighted by Crippen LogP contribution is 2.23. The van der Waals surface area contributed by atoms with E-state index in [4.69, 9.17) is 14.9 Å². The number of ether oxygens (including phenoxy) is 2. The van der Waals surface area contributed by atoms with Crippen LogP contribution in [-0.2, 0) is 23.8 Å². The molecule has 1 saturated heterocycles. The van der Waals surface area contributed by atoms with Crippen molar-refractivity contribution in [2.45, 2.75) is 13.0 Å². The second-order valence-corrected chi connectivity index (χ2v) is 8.71. The second-order valence-electron chi connectivity index (χ2n) is 7.07. The Hall–Kier alpha value is -3.77. The molecule has 33 heavy (non-hydrogen) atoms. The molecule has 1 aliphatic heterocycles. The van der Waals surface area contributed by atoms with Gasteiger partial charge in [-0.3, -0.25) is 24.1 Å². The first kappa shape index (κ1) is 23.9. The molecule has 1 aliphatic rings. The Labute approximate surface area is 189 Å². The van der Waals surface area contributed by atoms with Gasteiger partial charge in [0.1, 0.15) is 24.3 Å². The topological polar surface area (TPSA) is 152 Å². The molecule has 0 bridgehead atoms. The molecule has 0 radical (unpaired) electrons. The molecular formula is C21H21N3O8S. The average molecular weight is 475 g/mol. The monoisotopic (exact) mass is 475 g/mol. The smallest absolute Gasteiger partial charge is 0.414 e. The summed E-state index contributed by atoms with van der Waals surface area (Å²) in [5.41, 5.74) is 0.919. The largest absolute Gasteiger partial charge is 0.441 e. The summed E-state index contributed by atoms with van der Waals surface area (Å²) in [4.78, 5) is 37.2. The van der Waals surface area contributed by atoms with Gasteiger partial charge in [-0.05, 0) is 36.4 Å². The number of carbonyl (C=O) groups is 3. The van der Waals surface area contributed by atoms with Crippen molar-refractivity contribution in [2.24, 2.45) is 0 Å². The molecule has 1 fully saturated rings. The minimum Gasteiger partial charge on any atom is -0.441 e. The van der Waals surface area contributed by atoms with Gasteiger partial charge in [-0.25, -0.2) is 4.79 Å². The summed E-state index contributed by atoms with van der Waals surface area (Å²) >= 11 is 0. The standard InChI is InChI=1S/C21H21N3O8S/c1-13(25)31-18-6-4-3-5-17(18)20(26)23-19(22)14-7-9-15(10-8-14)24-11-16(32-21(24)27)12-30-33(2,28)29/h3-10,16H,11-12H2,1-2H3,(H2,22,23,26). The Kier molecular flexibility index (Phi) is 7.09. The zero-order chi connectivity index (χ0) is 24.2. The van der Waals surface area contributed by atoms with Crippen molar-refractivity contribution in [2.75, 3.05) is 24.3 Å². The molecule has 11 nitrogen and oxygen atoms in total. The van der Waals surface area contributed by atoms with E-state index in [2.05, 4.69) is 9.50 Å². The van der Waals surface area contributed by atoms with Gasteiger partial charge in [0.05, 0.1) is 18.4 Å². The summed E-state index contributed by atoms with van der Waals surface area (Å²) in [6.45, 7) is 1.02. The van der Waals surface area contributed by atoms with Gasteiger partial charge in [-0.1, -0.05) is 12.1 Å². The molecule has 3 rings (SSSR count). The number of amidine groups is 1. The fourth-order valence-corrected chi connectivity index (χ4v) is 3.38. The Bertz CT molecular complexity index is 1190. The zero-order valence-corrected chi connectivity index (χ0v) is 18.5. The molecule has 12 heteroatoms. The summed E-state index contributed by atoms with van der Waals surface area (Å²) in [6.07, 6.45) is -0.500. The maximum atomic E-state index is 12.6. The van der Waals surface area contributed by atoms with Crippen molar-refractivity contribution in [3.63, 3.8) is 0 Å². The number of nitrogens with one attached hydrogen (secondary N) is 2. The number of benzene rings is 2. The van der Waals surface area contributed by atoms with E-state index in [-0.39, 0.29) is 30.3 Å². The number of amides is 2. The van der Waals surface area contributed by atoms with Gasteiger partial charge < -0.3 is 14.8 Å². The molecule has 0 spiro atoms. The van der Waals surface area contributed by atoms with Crippen LogP contribution in [0.2, 0.25) is 0 Å². The van der Waals surface area contributed by atoms with E-state index >= 15 is 0 Å². The number of anilines is 1. The Balaban J connectivity index is 1.64. The number of nitrogens with zero attached hydrogens (tertiary/aromatic N) is 1. The lowest BCUT2D eigenvalue weighted by Crippen LogP contribution is -2.31. The number of carbonyl (C=O) groups excluding carboxylic acids is 3. The summed E-state index contributed by atoms with van der Waals surface area (Å²) < 4.78 is 37.0. The van der Waals surface area contributed by atoms with Crippen LogP contribution in [0, 0.1) is 5.41 Å². The second kappa shape index (κ2) is 9.79. The lowest BCUT2D eigenvalue weighted by atomic mass is 10.1. The zero-order valence-electron chi connectivity index (χ0n) is 17.7. The molecule has 2 aromatic rings. The fourth-order valence-electron chi connectivity index (χ4n) is 2.98. The third-order valence-corrected chi connectivity index (χ3v) is 5.00. The molecular weight excluding hydrogens is 454 g/mol. The highest BCUT2D eigenvalue weighted by Gasteiger charge is 2.33. The molecule has 1 heterocycles.